The Bertz CT molecular complexity index is 747. The van der Waals surface area contributed by atoms with Crippen molar-refractivity contribution in [2.24, 2.45) is 0 Å². The average Bonchev–Trinajstić information content (AvgIpc) is 3.21. The Kier molecular flexibility index (Phi) is 4.84. The van der Waals surface area contributed by atoms with Crippen LogP contribution in [0.4, 0.5) is 16.4 Å². The summed E-state index contributed by atoms with van der Waals surface area (Å²) >= 11 is 0. The monoisotopic (exact) mass is 346 g/mol. The van der Waals surface area contributed by atoms with Crippen LogP contribution in [0, 0.1) is 6.92 Å². The molecule has 134 valence electrons. The van der Waals surface area contributed by atoms with Gasteiger partial charge >= 0.3 is 6.03 Å². The lowest BCUT2D eigenvalue weighted by atomic mass is 10.2. The van der Waals surface area contributed by atoms with Crippen molar-refractivity contribution in [1.82, 2.24) is 20.0 Å². The molecule has 0 spiro atoms. The number of methoxy groups -OCH3 is 1. The van der Waals surface area contributed by atoms with Crippen molar-refractivity contribution < 1.29 is 14.1 Å². The molecule has 3 heterocycles. The lowest BCUT2D eigenvalue weighted by Gasteiger charge is -2.22. The third-order valence-corrected chi connectivity index (χ3v) is 4.11. The number of pyridine rings is 1. The van der Waals surface area contributed by atoms with Crippen molar-refractivity contribution in [3.8, 4) is 0 Å². The van der Waals surface area contributed by atoms with Gasteiger partial charge in [-0.05, 0) is 19.1 Å². The number of anilines is 2. The molecule has 25 heavy (non-hydrogen) atoms. The molecule has 2 atom stereocenters. The maximum Gasteiger partial charge on any atom is 0.323 e. The number of aryl methyl sites for hydroxylation is 1. The van der Waals surface area contributed by atoms with E-state index in [-0.39, 0.29) is 18.2 Å². The van der Waals surface area contributed by atoms with Crippen LogP contribution in [0.15, 0.2) is 22.7 Å². The van der Waals surface area contributed by atoms with Gasteiger partial charge in [0.15, 0.2) is 5.82 Å². The first-order valence-electron chi connectivity index (χ1n) is 8.03. The number of hydrogen-bond donors (Lipinski definition) is 1. The number of hydrogen-bond acceptors (Lipinski definition) is 7. The number of amides is 2. The zero-order chi connectivity index (χ0) is 18.0. The number of aromatic nitrogens is 3. The van der Waals surface area contributed by atoms with Gasteiger partial charge in [0.2, 0.25) is 5.89 Å². The average molecular weight is 346 g/mol. The minimum Gasteiger partial charge on any atom is -0.380 e. The van der Waals surface area contributed by atoms with E-state index in [1.54, 1.807) is 25.0 Å². The predicted octanol–water partition coefficient (Wildman–Crippen LogP) is 1.83. The van der Waals surface area contributed by atoms with Gasteiger partial charge in [0, 0.05) is 34.2 Å². The highest BCUT2D eigenvalue weighted by atomic mass is 16.5. The van der Waals surface area contributed by atoms with Crippen LogP contribution >= 0.6 is 0 Å². The summed E-state index contributed by atoms with van der Waals surface area (Å²) in [5.41, 5.74) is 0. The smallest absolute Gasteiger partial charge is 0.323 e. The van der Waals surface area contributed by atoms with E-state index < -0.39 is 0 Å². The number of nitrogens with one attached hydrogen (secondary N) is 1. The Morgan fingerprint density at radius 2 is 2.20 bits per heavy atom. The van der Waals surface area contributed by atoms with E-state index in [0.717, 1.165) is 5.82 Å². The molecule has 0 bridgehead atoms. The number of carbonyl (C=O) groups is 1. The second-order valence-electron chi connectivity index (χ2n) is 6.15. The summed E-state index contributed by atoms with van der Waals surface area (Å²) in [5.74, 6) is 2.20. The van der Waals surface area contributed by atoms with Gasteiger partial charge in [0.25, 0.3) is 0 Å². The summed E-state index contributed by atoms with van der Waals surface area (Å²) in [6.45, 7) is 2.19. The Morgan fingerprint density at radius 1 is 1.40 bits per heavy atom. The van der Waals surface area contributed by atoms with E-state index in [1.165, 1.54) is 0 Å². The van der Waals surface area contributed by atoms with Crippen molar-refractivity contribution in [2.75, 3.05) is 38.0 Å². The molecule has 1 saturated heterocycles. The summed E-state index contributed by atoms with van der Waals surface area (Å²) in [6, 6.07) is 4.88. The molecule has 3 rings (SSSR count). The van der Waals surface area contributed by atoms with Crippen LogP contribution in [0.3, 0.4) is 0 Å². The largest absolute Gasteiger partial charge is 0.380 e. The maximum atomic E-state index is 12.8. The molecule has 0 aliphatic carbocycles. The van der Waals surface area contributed by atoms with Crippen LogP contribution in [0.25, 0.3) is 0 Å². The quantitative estimate of drug-likeness (QED) is 0.902. The topological polar surface area (TPSA) is 96.6 Å². The van der Waals surface area contributed by atoms with Crippen LogP contribution in [0.2, 0.25) is 0 Å². The van der Waals surface area contributed by atoms with Crippen molar-refractivity contribution in [3.63, 3.8) is 0 Å². The van der Waals surface area contributed by atoms with Gasteiger partial charge in [-0.2, -0.15) is 4.98 Å². The number of ether oxygens (including phenoxy) is 1. The predicted molar refractivity (Wildman–Crippen MR) is 91.5 cm³/mol. The lowest BCUT2D eigenvalue weighted by Crippen LogP contribution is -2.36. The molecule has 9 nitrogen and oxygen atoms in total. The Balaban J connectivity index is 1.78. The molecule has 2 amide bonds. The normalized spacial score (nSPS) is 19.9. The van der Waals surface area contributed by atoms with E-state index in [4.69, 9.17) is 9.26 Å². The van der Waals surface area contributed by atoms with E-state index in [0.29, 0.717) is 30.5 Å². The molecule has 2 aromatic heterocycles. The van der Waals surface area contributed by atoms with Crippen molar-refractivity contribution in [2.45, 2.75) is 25.5 Å². The van der Waals surface area contributed by atoms with E-state index in [1.807, 2.05) is 31.1 Å². The molecule has 2 aromatic rings. The molecule has 1 aliphatic heterocycles. The molecular weight excluding hydrogens is 324 g/mol. The van der Waals surface area contributed by atoms with Crippen LogP contribution in [-0.2, 0) is 4.74 Å². The van der Waals surface area contributed by atoms with Crippen LogP contribution < -0.4 is 10.2 Å². The molecule has 1 N–H and O–H groups in total. The number of carbonyl (C=O) groups excluding carboxylic acids is 1. The van der Waals surface area contributed by atoms with E-state index in [2.05, 4.69) is 20.4 Å². The summed E-state index contributed by atoms with van der Waals surface area (Å²) in [6.07, 6.45) is 0.528. The highest BCUT2D eigenvalue weighted by Gasteiger charge is 2.39. The molecule has 9 heteroatoms. The fraction of sp³-hybridized carbons (Fsp3) is 0.500. The molecule has 1 aliphatic rings. The SMILES string of the molecule is CO[C@@H]1C[C@H](c2nc(C)no2)N(C(=O)Nc2cccc(N(C)C)n2)C1. The summed E-state index contributed by atoms with van der Waals surface area (Å²) < 4.78 is 10.7. The first-order chi connectivity index (χ1) is 12.0. The first kappa shape index (κ1) is 17.2. The fourth-order valence-corrected chi connectivity index (χ4v) is 2.80. The molecule has 0 unspecified atom stereocenters. The minimum atomic E-state index is -0.316. The van der Waals surface area contributed by atoms with E-state index >= 15 is 0 Å². The van der Waals surface area contributed by atoms with Gasteiger partial charge in [-0.1, -0.05) is 11.2 Å². The Hall–Kier alpha value is -2.68. The van der Waals surface area contributed by atoms with Crippen molar-refractivity contribution in [3.05, 3.63) is 29.9 Å². The highest BCUT2D eigenvalue weighted by Crippen LogP contribution is 2.32. The maximum absolute atomic E-state index is 12.8. The lowest BCUT2D eigenvalue weighted by molar-refractivity contribution is 0.111. The van der Waals surface area contributed by atoms with Gasteiger partial charge in [-0.3, -0.25) is 5.32 Å². The fourth-order valence-electron chi connectivity index (χ4n) is 2.80. The summed E-state index contributed by atoms with van der Waals surface area (Å²) in [7, 11) is 5.42. The molecule has 0 saturated carbocycles. The number of urea groups is 1. The molecule has 1 fully saturated rings. The van der Waals surface area contributed by atoms with E-state index in [9.17, 15) is 4.79 Å². The Labute approximate surface area is 146 Å². The second-order valence-corrected chi connectivity index (χ2v) is 6.15. The third-order valence-electron chi connectivity index (χ3n) is 4.11. The van der Waals surface area contributed by atoms with Gasteiger partial charge in [-0.25, -0.2) is 9.78 Å². The third kappa shape index (κ3) is 3.71. The Morgan fingerprint density at radius 3 is 2.84 bits per heavy atom. The van der Waals surface area contributed by atoms with Crippen LogP contribution in [0.5, 0.6) is 0 Å². The molecule has 0 aromatic carbocycles. The van der Waals surface area contributed by atoms with Gasteiger partial charge in [-0.15, -0.1) is 0 Å². The summed E-state index contributed by atoms with van der Waals surface area (Å²) in [5, 5.41) is 6.65. The minimum absolute atomic E-state index is 0.0796. The first-order valence-corrected chi connectivity index (χ1v) is 8.03. The number of likely N-dealkylation sites (tertiary alicyclic amines) is 1. The second kappa shape index (κ2) is 7.06. The zero-order valence-electron chi connectivity index (χ0n) is 14.8. The summed E-state index contributed by atoms with van der Waals surface area (Å²) in [4.78, 5) is 24.9. The van der Waals surface area contributed by atoms with Crippen LogP contribution in [0.1, 0.15) is 24.2 Å². The highest BCUT2D eigenvalue weighted by molar-refractivity contribution is 5.89. The van der Waals surface area contributed by atoms with Gasteiger partial charge < -0.3 is 19.1 Å². The zero-order valence-corrected chi connectivity index (χ0v) is 14.8. The van der Waals surface area contributed by atoms with Crippen molar-refractivity contribution >= 4 is 17.7 Å². The van der Waals surface area contributed by atoms with Crippen LogP contribution in [-0.4, -0.2) is 59.9 Å². The van der Waals surface area contributed by atoms with Gasteiger partial charge in [0.05, 0.1) is 6.10 Å². The molecular formula is C16H22N6O3. The molecule has 0 radical (unpaired) electrons. The number of rotatable bonds is 4. The standard InChI is InChI=1S/C16H22N6O3/c1-10-17-15(25-20-10)12-8-11(24-4)9-22(12)16(23)19-13-6-5-7-14(18-13)21(2)3/h5-7,11-12H,8-9H2,1-4H3,(H,18,19,23)/t11-,12-/m1/s1. The van der Waals surface area contributed by atoms with Crippen molar-refractivity contribution in [1.29, 1.82) is 0 Å². The van der Waals surface area contributed by atoms with Gasteiger partial charge in [0.1, 0.15) is 17.7 Å². The number of nitrogens with zero attached hydrogens (tertiary/aromatic N) is 5.